The second-order valence-electron chi connectivity index (χ2n) is 2.62. The molecule has 0 amide bonds. The number of hydrogen-bond donors (Lipinski definition) is 3. The lowest BCUT2D eigenvalue weighted by atomic mass is 10.2. The van der Waals surface area contributed by atoms with E-state index in [1.807, 2.05) is 0 Å². The van der Waals surface area contributed by atoms with Crippen molar-refractivity contribution in [1.82, 2.24) is 4.98 Å². The Morgan fingerprint density at radius 3 is 2.93 bits per heavy atom. The molecule has 0 aliphatic heterocycles. The summed E-state index contributed by atoms with van der Waals surface area (Å²) < 4.78 is 0. The Bertz CT molecular complexity index is 409. The van der Waals surface area contributed by atoms with Gasteiger partial charge in [-0.1, -0.05) is 6.08 Å². The van der Waals surface area contributed by atoms with Crippen LogP contribution in [-0.4, -0.2) is 22.6 Å². The predicted octanol–water partition coefficient (Wildman–Crippen LogP) is 0.671. The maximum Gasteiger partial charge on any atom is 0.336 e. The van der Waals surface area contributed by atoms with E-state index in [1.165, 1.54) is 6.07 Å². The molecule has 0 saturated carbocycles. The van der Waals surface area contributed by atoms with Crippen LogP contribution in [0.2, 0.25) is 0 Å². The van der Waals surface area contributed by atoms with Gasteiger partial charge in [-0.25, -0.2) is 4.79 Å². The molecule has 14 heavy (non-hydrogen) atoms. The van der Waals surface area contributed by atoms with Crippen molar-refractivity contribution in [2.24, 2.45) is 0 Å². The fourth-order valence-electron chi connectivity index (χ4n) is 0.944. The van der Waals surface area contributed by atoms with Crippen LogP contribution in [0.4, 0.5) is 5.82 Å². The summed E-state index contributed by atoms with van der Waals surface area (Å²) in [7, 11) is 0. The second-order valence-corrected chi connectivity index (χ2v) is 2.62. The molecule has 0 fully saturated rings. The Balaban J connectivity index is 3.01. The molecule has 5 heteroatoms. The normalized spacial score (nSPS) is 9.43. The number of pyridine rings is 1. The number of carboxylic acid groups (broad SMARTS) is 1. The lowest BCUT2D eigenvalue weighted by Gasteiger charge is -2.03. The molecule has 1 aromatic rings. The predicted molar refractivity (Wildman–Crippen MR) is 52.7 cm³/mol. The van der Waals surface area contributed by atoms with Crippen LogP contribution in [-0.2, 0) is 0 Å². The van der Waals surface area contributed by atoms with E-state index in [0.717, 1.165) is 6.07 Å². The zero-order chi connectivity index (χ0) is 10.6. The number of aromatic carboxylic acids is 1. The van der Waals surface area contributed by atoms with E-state index in [1.54, 1.807) is 6.08 Å². The lowest BCUT2D eigenvalue weighted by Crippen LogP contribution is -2.13. The zero-order valence-electron chi connectivity index (χ0n) is 7.41. The molecule has 1 aromatic heterocycles. The van der Waals surface area contributed by atoms with E-state index < -0.39 is 11.5 Å². The van der Waals surface area contributed by atoms with E-state index in [2.05, 4.69) is 16.9 Å². The van der Waals surface area contributed by atoms with Gasteiger partial charge in [-0.05, 0) is 6.07 Å². The van der Waals surface area contributed by atoms with E-state index in [-0.39, 0.29) is 5.56 Å². The van der Waals surface area contributed by atoms with Crippen LogP contribution in [0.25, 0.3) is 0 Å². The molecule has 3 N–H and O–H groups in total. The Kier molecular flexibility index (Phi) is 3.06. The molecule has 0 atom stereocenters. The van der Waals surface area contributed by atoms with Gasteiger partial charge in [-0.3, -0.25) is 4.79 Å². The van der Waals surface area contributed by atoms with Gasteiger partial charge in [0.2, 0.25) is 5.56 Å². The molecule has 5 nitrogen and oxygen atoms in total. The fraction of sp³-hybridized carbons (Fsp3) is 0.111. The van der Waals surface area contributed by atoms with Crippen molar-refractivity contribution in [2.45, 2.75) is 0 Å². The highest BCUT2D eigenvalue weighted by molar-refractivity contribution is 5.88. The number of nitrogens with one attached hydrogen (secondary N) is 2. The topological polar surface area (TPSA) is 82.2 Å². The summed E-state index contributed by atoms with van der Waals surface area (Å²) in [6.45, 7) is 3.94. The summed E-state index contributed by atoms with van der Waals surface area (Å²) in [5, 5.41) is 11.5. The van der Waals surface area contributed by atoms with Gasteiger partial charge in [0.15, 0.2) is 0 Å². The SMILES string of the molecule is C=CCNc1cc(C(=O)O)cc(=O)[nH]1. The molecule has 0 saturated heterocycles. The van der Waals surface area contributed by atoms with Gasteiger partial charge in [-0.2, -0.15) is 0 Å². The number of aromatic nitrogens is 1. The third-order valence-electron chi connectivity index (χ3n) is 1.53. The maximum atomic E-state index is 11.0. The second kappa shape index (κ2) is 4.27. The standard InChI is InChI=1S/C9H10N2O3/c1-2-3-10-7-4-6(9(13)14)5-8(12)11-7/h2,4-5H,1,3H2,(H,13,14)(H2,10,11,12). The highest BCUT2D eigenvalue weighted by atomic mass is 16.4. The maximum absolute atomic E-state index is 11.0. The highest BCUT2D eigenvalue weighted by Crippen LogP contribution is 2.03. The van der Waals surface area contributed by atoms with Crippen molar-refractivity contribution in [3.8, 4) is 0 Å². The molecule has 0 aromatic carbocycles. The summed E-state index contributed by atoms with van der Waals surface area (Å²) in [6.07, 6.45) is 1.60. The Hall–Kier alpha value is -2.04. The minimum Gasteiger partial charge on any atom is -0.478 e. The largest absolute Gasteiger partial charge is 0.478 e. The molecule has 0 aliphatic carbocycles. The molecular weight excluding hydrogens is 184 g/mol. The fourth-order valence-corrected chi connectivity index (χ4v) is 0.944. The van der Waals surface area contributed by atoms with Crippen molar-refractivity contribution in [1.29, 1.82) is 0 Å². The van der Waals surface area contributed by atoms with E-state index >= 15 is 0 Å². The highest BCUT2D eigenvalue weighted by Gasteiger charge is 2.04. The molecule has 1 heterocycles. The summed E-state index contributed by atoms with van der Waals surface area (Å²) >= 11 is 0. The van der Waals surface area contributed by atoms with Crippen LogP contribution in [0.15, 0.2) is 29.6 Å². The number of hydrogen-bond acceptors (Lipinski definition) is 3. The van der Waals surface area contributed by atoms with Crippen LogP contribution in [0, 0.1) is 0 Å². The van der Waals surface area contributed by atoms with E-state index in [9.17, 15) is 9.59 Å². The van der Waals surface area contributed by atoms with Crippen LogP contribution < -0.4 is 10.9 Å². The lowest BCUT2D eigenvalue weighted by molar-refractivity contribution is 0.0696. The van der Waals surface area contributed by atoms with Crippen molar-refractivity contribution in [3.05, 3.63) is 40.7 Å². The Morgan fingerprint density at radius 1 is 1.64 bits per heavy atom. The number of carboxylic acids is 1. The van der Waals surface area contributed by atoms with Gasteiger partial charge < -0.3 is 15.4 Å². The van der Waals surface area contributed by atoms with Crippen molar-refractivity contribution >= 4 is 11.8 Å². The van der Waals surface area contributed by atoms with Crippen LogP contribution >= 0.6 is 0 Å². The smallest absolute Gasteiger partial charge is 0.336 e. The van der Waals surface area contributed by atoms with Gasteiger partial charge in [0, 0.05) is 12.6 Å². The Labute approximate surface area is 80.1 Å². The molecule has 0 aliphatic rings. The summed E-state index contributed by atoms with van der Waals surface area (Å²) in [6, 6.07) is 2.38. The minimum atomic E-state index is -1.13. The quantitative estimate of drug-likeness (QED) is 0.615. The first-order valence-corrected chi connectivity index (χ1v) is 3.96. The third kappa shape index (κ3) is 2.48. The van der Waals surface area contributed by atoms with Gasteiger partial charge >= 0.3 is 5.97 Å². The van der Waals surface area contributed by atoms with E-state index in [4.69, 9.17) is 5.11 Å². The summed E-state index contributed by atoms with van der Waals surface area (Å²) in [4.78, 5) is 24.0. The first-order valence-electron chi connectivity index (χ1n) is 3.96. The molecule has 0 unspecified atom stereocenters. The average Bonchev–Trinajstić information content (AvgIpc) is 2.14. The van der Waals surface area contributed by atoms with Crippen LogP contribution in [0.5, 0.6) is 0 Å². The molecule has 0 bridgehead atoms. The van der Waals surface area contributed by atoms with Gasteiger partial charge in [0.05, 0.1) is 5.56 Å². The van der Waals surface area contributed by atoms with Gasteiger partial charge in [0.25, 0.3) is 0 Å². The van der Waals surface area contributed by atoms with Crippen molar-refractivity contribution in [3.63, 3.8) is 0 Å². The monoisotopic (exact) mass is 194 g/mol. The van der Waals surface area contributed by atoms with E-state index in [0.29, 0.717) is 12.4 Å². The molecule has 0 spiro atoms. The molecular formula is C9H10N2O3. The van der Waals surface area contributed by atoms with Crippen molar-refractivity contribution < 1.29 is 9.90 Å². The number of H-pyrrole nitrogens is 1. The summed E-state index contributed by atoms with van der Waals surface area (Å²) in [5.41, 5.74) is -0.489. The Morgan fingerprint density at radius 2 is 2.36 bits per heavy atom. The molecule has 1 rings (SSSR count). The van der Waals surface area contributed by atoms with Gasteiger partial charge in [-0.15, -0.1) is 6.58 Å². The average molecular weight is 194 g/mol. The number of aromatic amines is 1. The number of rotatable bonds is 4. The third-order valence-corrected chi connectivity index (χ3v) is 1.53. The van der Waals surface area contributed by atoms with Crippen LogP contribution in [0.3, 0.4) is 0 Å². The number of carbonyl (C=O) groups is 1. The van der Waals surface area contributed by atoms with Crippen LogP contribution in [0.1, 0.15) is 10.4 Å². The number of anilines is 1. The molecule has 0 radical (unpaired) electrons. The molecule has 74 valence electrons. The summed E-state index contributed by atoms with van der Waals surface area (Å²) in [5.74, 6) is -0.757. The first kappa shape index (κ1) is 10.0. The first-order chi connectivity index (χ1) is 6.63. The zero-order valence-corrected chi connectivity index (χ0v) is 7.41. The van der Waals surface area contributed by atoms with Crippen molar-refractivity contribution in [2.75, 3.05) is 11.9 Å². The van der Waals surface area contributed by atoms with Gasteiger partial charge in [0.1, 0.15) is 5.82 Å². The minimum absolute atomic E-state index is 0.0414.